The second-order valence-electron chi connectivity index (χ2n) is 7.35. The number of aliphatic hydroxyl groups excluding tert-OH is 1. The van der Waals surface area contributed by atoms with Crippen molar-refractivity contribution in [1.82, 2.24) is 10.2 Å². The van der Waals surface area contributed by atoms with E-state index in [0.29, 0.717) is 50.8 Å². The van der Waals surface area contributed by atoms with Crippen LogP contribution in [0.3, 0.4) is 0 Å². The maximum Gasteiger partial charge on any atom is 0.414 e. The highest BCUT2D eigenvalue weighted by molar-refractivity contribution is 7.79. The zero-order valence-corrected chi connectivity index (χ0v) is 18.6. The van der Waals surface area contributed by atoms with Crippen molar-refractivity contribution in [2.45, 2.75) is 6.10 Å². The van der Waals surface area contributed by atoms with E-state index in [2.05, 4.69) is 17.5 Å². The van der Waals surface area contributed by atoms with E-state index in [-0.39, 0.29) is 30.8 Å². The third-order valence-corrected chi connectivity index (χ3v) is 5.37. The Hall–Kier alpha value is -2.70. The van der Waals surface area contributed by atoms with Crippen molar-refractivity contribution in [3.63, 3.8) is 0 Å². The van der Waals surface area contributed by atoms with Crippen LogP contribution in [0.5, 0.6) is 0 Å². The van der Waals surface area contributed by atoms with Gasteiger partial charge in [0.25, 0.3) is 5.17 Å². The summed E-state index contributed by atoms with van der Waals surface area (Å²) in [6, 6.07) is 4.58. The molecule has 1 aromatic rings. The summed E-state index contributed by atoms with van der Waals surface area (Å²) in [5.74, 6) is -0.564. The fourth-order valence-corrected chi connectivity index (χ4v) is 3.63. The van der Waals surface area contributed by atoms with Gasteiger partial charge in [-0.1, -0.05) is 0 Å². The van der Waals surface area contributed by atoms with Crippen LogP contribution in [-0.4, -0.2) is 99.5 Å². The number of ether oxygens (including phenoxy) is 3. The van der Waals surface area contributed by atoms with Crippen LogP contribution < -0.4 is 15.1 Å². The van der Waals surface area contributed by atoms with E-state index in [1.807, 2.05) is 4.90 Å². The number of hydrogen-bond donors (Lipinski definition) is 2. The number of methoxy groups -OCH3 is 1. The standard InChI is InChI=1S/C20H27FN4O6S/c1-29-8-9-30-13-18(26)24-6-4-23(5-7-24)17-3-2-14(10-16(17)21)25-12-15(31-20(25)28)11-22-19(27)32/h2-3,10,15H,4-9,11-13H2,1H3,(H2,22,27,32)/t15-/m0/s1. The van der Waals surface area contributed by atoms with Crippen molar-refractivity contribution in [3.8, 4) is 0 Å². The van der Waals surface area contributed by atoms with Crippen LogP contribution in [-0.2, 0) is 19.0 Å². The first-order valence-electron chi connectivity index (χ1n) is 10.2. The van der Waals surface area contributed by atoms with Gasteiger partial charge in [-0.2, -0.15) is 0 Å². The van der Waals surface area contributed by atoms with Gasteiger partial charge in [-0.3, -0.25) is 9.69 Å². The molecule has 2 N–H and O–H groups in total. The molecule has 2 saturated heterocycles. The molecule has 2 aliphatic heterocycles. The molecule has 0 radical (unpaired) electrons. The Kier molecular flexibility index (Phi) is 8.42. The molecule has 1 atom stereocenters. The maximum absolute atomic E-state index is 14.9. The fraction of sp³-hybridized carbons (Fsp3) is 0.550. The van der Waals surface area contributed by atoms with Gasteiger partial charge in [-0.15, -0.1) is 0 Å². The summed E-state index contributed by atoms with van der Waals surface area (Å²) in [4.78, 5) is 29.2. The summed E-state index contributed by atoms with van der Waals surface area (Å²) < 4.78 is 30.2. The van der Waals surface area contributed by atoms with Crippen molar-refractivity contribution in [3.05, 3.63) is 24.0 Å². The molecule has 0 unspecified atom stereocenters. The average molecular weight is 471 g/mol. The van der Waals surface area contributed by atoms with Gasteiger partial charge in [0, 0.05) is 33.3 Å². The number of piperazine rings is 1. The van der Waals surface area contributed by atoms with Crippen LogP contribution in [0, 0.1) is 5.82 Å². The van der Waals surface area contributed by atoms with E-state index in [0.717, 1.165) is 0 Å². The third kappa shape index (κ3) is 6.17. The van der Waals surface area contributed by atoms with E-state index in [9.17, 15) is 14.0 Å². The molecule has 0 saturated carbocycles. The Morgan fingerprint density at radius 2 is 2.06 bits per heavy atom. The molecule has 12 heteroatoms. The van der Waals surface area contributed by atoms with E-state index in [1.54, 1.807) is 24.1 Å². The number of hydrogen-bond acceptors (Lipinski definition) is 7. The first kappa shape index (κ1) is 24.0. The Labute approximate surface area is 190 Å². The van der Waals surface area contributed by atoms with Crippen LogP contribution in [0.4, 0.5) is 20.6 Å². The predicted octanol–water partition coefficient (Wildman–Crippen LogP) is 0.895. The van der Waals surface area contributed by atoms with Crippen molar-refractivity contribution < 1.29 is 33.3 Å². The Morgan fingerprint density at radius 1 is 1.31 bits per heavy atom. The molecule has 0 bridgehead atoms. The first-order valence-corrected chi connectivity index (χ1v) is 10.6. The second-order valence-corrected chi connectivity index (χ2v) is 7.74. The predicted molar refractivity (Wildman–Crippen MR) is 119 cm³/mol. The minimum Gasteiger partial charge on any atom is -0.487 e. The number of amides is 2. The zero-order valence-electron chi connectivity index (χ0n) is 17.8. The molecule has 2 aliphatic rings. The SMILES string of the molecule is COCCOCC(=O)N1CCN(c2ccc(N3C[C@H](CNC(O)=S)OC3=O)cc2F)CC1. The Morgan fingerprint density at radius 3 is 2.72 bits per heavy atom. The minimum absolute atomic E-state index is 0.00103. The van der Waals surface area contributed by atoms with Crippen molar-refractivity contribution in [1.29, 1.82) is 0 Å². The maximum atomic E-state index is 14.9. The summed E-state index contributed by atoms with van der Waals surface area (Å²) in [6.45, 7) is 3.07. The molecule has 0 spiro atoms. The smallest absolute Gasteiger partial charge is 0.414 e. The number of aliphatic hydroxyl groups is 1. The van der Waals surface area contributed by atoms with Gasteiger partial charge < -0.3 is 34.4 Å². The van der Waals surface area contributed by atoms with Crippen LogP contribution in [0.1, 0.15) is 0 Å². The van der Waals surface area contributed by atoms with Gasteiger partial charge in [0.1, 0.15) is 18.5 Å². The number of nitrogens with zero attached hydrogens (tertiary/aromatic N) is 3. The molecular weight excluding hydrogens is 443 g/mol. The lowest BCUT2D eigenvalue weighted by Gasteiger charge is -2.36. The molecule has 32 heavy (non-hydrogen) atoms. The van der Waals surface area contributed by atoms with Gasteiger partial charge in [0.05, 0.1) is 37.7 Å². The van der Waals surface area contributed by atoms with E-state index < -0.39 is 18.0 Å². The number of anilines is 2. The zero-order chi connectivity index (χ0) is 23.1. The Bertz CT molecular complexity index is 836. The number of cyclic esters (lactones) is 1. The van der Waals surface area contributed by atoms with E-state index >= 15 is 0 Å². The molecule has 1 aromatic carbocycles. The van der Waals surface area contributed by atoms with Crippen LogP contribution in [0.2, 0.25) is 0 Å². The molecule has 2 fully saturated rings. The summed E-state index contributed by atoms with van der Waals surface area (Å²) >= 11 is 4.53. The topological polar surface area (TPSA) is 104 Å². The molecular formula is C20H27FN4O6S. The Balaban J connectivity index is 1.53. The molecule has 2 heterocycles. The number of carbonyl (C=O) groups excluding carboxylic acids is 2. The number of nitrogens with one attached hydrogen (secondary N) is 1. The van der Waals surface area contributed by atoms with Gasteiger partial charge in [0.15, 0.2) is 0 Å². The second kappa shape index (κ2) is 11.2. The van der Waals surface area contributed by atoms with Gasteiger partial charge >= 0.3 is 6.09 Å². The highest BCUT2D eigenvalue weighted by atomic mass is 32.1. The molecule has 2 amide bonds. The lowest BCUT2D eigenvalue weighted by molar-refractivity contribution is -0.136. The third-order valence-electron chi connectivity index (χ3n) is 5.23. The number of carbonyl (C=O) groups is 2. The first-order chi connectivity index (χ1) is 15.4. The minimum atomic E-state index is -0.590. The van der Waals surface area contributed by atoms with E-state index in [1.165, 1.54) is 11.0 Å². The van der Waals surface area contributed by atoms with Crippen LogP contribution in [0.15, 0.2) is 18.2 Å². The van der Waals surface area contributed by atoms with E-state index in [4.69, 9.17) is 19.3 Å². The van der Waals surface area contributed by atoms with Gasteiger partial charge in [-0.05, 0) is 30.4 Å². The summed E-state index contributed by atoms with van der Waals surface area (Å²) in [6.07, 6.45) is -1.10. The summed E-state index contributed by atoms with van der Waals surface area (Å²) in [5, 5.41) is 11.2. The normalized spacial score (nSPS) is 18.6. The number of benzene rings is 1. The summed E-state index contributed by atoms with van der Waals surface area (Å²) in [5.41, 5.74) is 0.793. The molecule has 0 aromatic heterocycles. The molecule has 176 valence electrons. The number of rotatable bonds is 9. The highest BCUT2D eigenvalue weighted by Gasteiger charge is 2.33. The molecule has 0 aliphatic carbocycles. The van der Waals surface area contributed by atoms with Gasteiger partial charge in [-0.25, -0.2) is 9.18 Å². The highest BCUT2D eigenvalue weighted by Crippen LogP contribution is 2.28. The number of halogens is 1. The average Bonchev–Trinajstić information content (AvgIpc) is 3.16. The van der Waals surface area contributed by atoms with Gasteiger partial charge in [0.2, 0.25) is 5.91 Å². The lowest BCUT2D eigenvalue weighted by atomic mass is 10.2. The fourth-order valence-electron chi connectivity index (χ4n) is 3.55. The largest absolute Gasteiger partial charge is 0.487 e. The van der Waals surface area contributed by atoms with Crippen LogP contribution in [0.25, 0.3) is 0 Å². The molecule has 10 nitrogen and oxygen atoms in total. The molecule has 3 rings (SSSR count). The monoisotopic (exact) mass is 470 g/mol. The quantitative estimate of drug-likeness (QED) is 0.402. The lowest BCUT2D eigenvalue weighted by Crippen LogP contribution is -2.50. The van der Waals surface area contributed by atoms with Crippen LogP contribution >= 0.6 is 12.2 Å². The van der Waals surface area contributed by atoms with Crippen molar-refractivity contribution in [2.24, 2.45) is 0 Å². The number of thiocarbonyl (C=S) groups is 1. The van der Waals surface area contributed by atoms with Crippen molar-refractivity contribution >= 4 is 40.8 Å². The summed E-state index contributed by atoms with van der Waals surface area (Å²) in [7, 11) is 1.57. The van der Waals surface area contributed by atoms with Crippen molar-refractivity contribution in [2.75, 3.05) is 76.0 Å².